The first kappa shape index (κ1) is 104. The van der Waals surface area contributed by atoms with E-state index in [0.717, 1.165) is 85.9 Å². The summed E-state index contributed by atoms with van der Waals surface area (Å²) in [6.45, 7) is 43.4. The fourth-order valence-corrected chi connectivity index (χ4v) is 14.0. The molecule has 26 nitrogen and oxygen atoms in total. The molecular weight excluding hydrogens is 1600 g/mol. The number of esters is 3. The molecule has 8 rings (SSSR count). The van der Waals surface area contributed by atoms with Gasteiger partial charge in [0.05, 0.1) is 79.1 Å². The van der Waals surface area contributed by atoms with E-state index < -0.39 is 18.0 Å². The maximum Gasteiger partial charge on any atom is 0.344 e. The van der Waals surface area contributed by atoms with Gasteiger partial charge in [0, 0.05) is 91.1 Å². The summed E-state index contributed by atoms with van der Waals surface area (Å²) >= 11 is 3.41. The second kappa shape index (κ2) is 50.9. The van der Waals surface area contributed by atoms with E-state index in [4.69, 9.17) is 43.5 Å². The van der Waals surface area contributed by atoms with Gasteiger partial charge in [0.2, 0.25) is 6.10 Å². The number of carbonyl (C=O) groups excluding carboxylic acids is 10. The predicted octanol–water partition coefficient (Wildman–Crippen LogP) is 17.0. The lowest BCUT2D eigenvalue weighted by Crippen LogP contribution is -2.32. The molecule has 0 aliphatic carbocycles. The van der Waals surface area contributed by atoms with Crippen LogP contribution in [0.4, 0.5) is 0 Å². The number of nitrogens with zero attached hydrogens (tertiary/aromatic N) is 5. The maximum atomic E-state index is 12.6. The van der Waals surface area contributed by atoms with E-state index in [0.29, 0.717) is 160 Å². The predicted molar refractivity (Wildman–Crippen MR) is 468 cm³/mol. The molecule has 0 saturated carbocycles. The number of alkyl halides is 1. The highest BCUT2D eigenvalue weighted by Crippen LogP contribution is 2.41. The number of hydrogen-bond acceptors (Lipinski definition) is 22. The standard InChI is InChI=1S/C16H23NO3.C15H20BrNO3.C15H21NO3.C14H21NO2.C13H13NO3.C11H14O3.C9H10O4/c1-6-13-11(4)9-12(10-18)14(15(13)20-5)16(19)17(7-2)8-3;1-5-17(6-2)15(19)13-11(9-18)7-10(3)12(8-16)14(13)20-4;1-6-16(7-2)15(18)13-12(9-17)8-10(3)11(4)14(13)19-5;1-6-15(7-2)14(16)12-9-8-10(3)11(4)13(12)17-5;1-4-8-7(2)5-9-10(6-14)17-13(15)11(9)12(8)16-3;1-7-5-6-9(11(12)14-4)10(13-3)8(7)2;1-5-7(10)4-3-6(8(5)11)9(12)13-2/h9-10H,6-8H2,1-5H3;7,9H,5-6,8H2,1-4H3;8-9H,6-7H2,1-5H3;8-9H,6-7H2,1-5H3;5,10H,4H2,1-3H3;5-6H,1-4H3;3-4,10-11H,1-2H3. The van der Waals surface area contributed by atoms with Crippen LogP contribution >= 0.6 is 15.9 Å². The number of phenolic OH excluding ortho intramolecular Hbond substituents is 2. The number of aryl methyl sites for hydroxylation is 6. The number of nitriles is 1. The Balaban J connectivity index is 0.000000477. The number of fused-ring (bicyclic) bond motifs is 1. The third-order valence-corrected chi connectivity index (χ3v) is 21.2. The summed E-state index contributed by atoms with van der Waals surface area (Å²) < 4.78 is 46.2. The van der Waals surface area contributed by atoms with Gasteiger partial charge in [-0.15, -0.1) is 0 Å². The highest BCUT2D eigenvalue weighted by atomic mass is 79.9. The Morgan fingerprint density at radius 1 is 0.417 bits per heavy atom. The van der Waals surface area contributed by atoms with Crippen LogP contribution in [0.1, 0.15) is 257 Å². The van der Waals surface area contributed by atoms with Crippen molar-refractivity contribution in [3.8, 4) is 52.1 Å². The number of ether oxygens (including phenoxy) is 9. The van der Waals surface area contributed by atoms with Crippen molar-refractivity contribution in [3.63, 3.8) is 0 Å². The summed E-state index contributed by atoms with van der Waals surface area (Å²) in [5.41, 5.74) is 16.6. The zero-order valence-corrected chi connectivity index (χ0v) is 76.7. The SMILES string of the molecule is CCN(CC)C(=O)c1c(C=O)cc(C)c(C)c1OC.CCN(CC)C(=O)c1c(C=O)cc(C)c(CBr)c1OC.CCN(CC)C(=O)c1ccc(C)c(C)c1OC.CCc1c(C)cc(C=O)c(C(=O)N(CC)CC)c1OC.CCc1c(C)cc2c(c1OC)C(=O)OC2C#N.COC(=O)c1ccc(C)c(C)c1OC.COC(=O)c1ccc(O)c(C)c1O. The first-order chi connectivity index (χ1) is 57.0. The van der Waals surface area contributed by atoms with Gasteiger partial charge in [-0.1, -0.05) is 41.9 Å². The fraction of sp³-hybridized carbons (Fsp3) is 0.430. The molecular formula is C93H122BrN5O21. The van der Waals surface area contributed by atoms with Crippen LogP contribution in [0.3, 0.4) is 0 Å². The Bertz CT molecular complexity index is 4720. The zero-order chi connectivity index (χ0) is 91.4. The topological polar surface area (TPSA) is 331 Å². The van der Waals surface area contributed by atoms with Crippen LogP contribution in [0.15, 0.2) is 60.7 Å². The Kier molecular flexibility index (Phi) is 44.2. The number of benzene rings is 7. The molecule has 2 N–H and O–H groups in total. The van der Waals surface area contributed by atoms with Crippen LogP contribution < -0.4 is 28.4 Å². The third-order valence-electron chi connectivity index (χ3n) is 20.6. The first-order valence-corrected chi connectivity index (χ1v) is 40.6. The van der Waals surface area contributed by atoms with Crippen molar-refractivity contribution in [1.82, 2.24) is 19.6 Å². The molecule has 4 amide bonds. The van der Waals surface area contributed by atoms with E-state index >= 15 is 0 Å². The van der Waals surface area contributed by atoms with Gasteiger partial charge in [0.25, 0.3) is 23.6 Å². The average Bonchev–Trinajstić information content (AvgIpc) is 1.61. The van der Waals surface area contributed by atoms with Crippen LogP contribution in [0.2, 0.25) is 0 Å². The van der Waals surface area contributed by atoms with Gasteiger partial charge in [0.15, 0.2) is 18.9 Å². The summed E-state index contributed by atoms with van der Waals surface area (Å²) in [5.74, 6) is 1.15. The number of methoxy groups -OCH3 is 8. The van der Waals surface area contributed by atoms with Gasteiger partial charge in [0.1, 0.15) is 68.8 Å². The van der Waals surface area contributed by atoms with Crippen molar-refractivity contribution >= 4 is 76.3 Å². The van der Waals surface area contributed by atoms with E-state index in [1.54, 1.807) is 65.2 Å². The molecule has 1 aliphatic heterocycles. The average molecular weight is 1730 g/mol. The van der Waals surface area contributed by atoms with Gasteiger partial charge in [-0.25, -0.2) is 14.4 Å². The Hall–Kier alpha value is -11.8. The molecule has 120 heavy (non-hydrogen) atoms. The number of aldehydes is 3. The second-order valence-electron chi connectivity index (χ2n) is 27.1. The lowest BCUT2D eigenvalue weighted by molar-refractivity contribution is 0.0473. The fourth-order valence-electron chi connectivity index (χ4n) is 13.3. The summed E-state index contributed by atoms with van der Waals surface area (Å²) in [4.78, 5) is 125. The minimum atomic E-state index is -0.809. The van der Waals surface area contributed by atoms with Crippen molar-refractivity contribution in [2.45, 2.75) is 163 Å². The second-order valence-corrected chi connectivity index (χ2v) is 27.7. The van der Waals surface area contributed by atoms with Gasteiger partial charge in [-0.2, -0.15) is 5.26 Å². The van der Waals surface area contributed by atoms with Crippen LogP contribution in [0.25, 0.3) is 0 Å². The highest BCUT2D eigenvalue weighted by molar-refractivity contribution is 9.08. The Labute approximate surface area is 716 Å². The van der Waals surface area contributed by atoms with Gasteiger partial charge in [-0.05, 0) is 247 Å². The minimum Gasteiger partial charge on any atom is -0.508 e. The van der Waals surface area contributed by atoms with Crippen LogP contribution in [-0.2, 0) is 32.4 Å². The van der Waals surface area contributed by atoms with Crippen molar-refractivity contribution < 1.29 is 101 Å². The quantitative estimate of drug-likeness (QED) is 0.0220. The number of amides is 4. The molecule has 27 heteroatoms. The van der Waals surface area contributed by atoms with Crippen molar-refractivity contribution in [1.29, 1.82) is 5.26 Å². The third kappa shape index (κ3) is 24.9. The monoisotopic (exact) mass is 1720 g/mol. The molecule has 7 aromatic rings. The lowest BCUT2D eigenvalue weighted by atomic mass is 9.95. The van der Waals surface area contributed by atoms with Crippen LogP contribution in [0.5, 0.6) is 46.0 Å². The number of cyclic esters (lactones) is 1. The molecule has 652 valence electrons. The molecule has 0 radical (unpaired) electrons. The molecule has 0 spiro atoms. The van der Waals surface area contributed by atoms with Gasteiger partial charge in [-0.3, -0.25) is 33.6 Å². The summed E-state index contributed by atoms with van der Waals surface area (Å²) in [6, 6.07) is 19.1. The number of rotatable bonds is 26. The molecule has 0 aromatic heterocycles. The highest BCUT2D eigenvalue weighted by Gasteiger charge is 2.36. The van der Waals surface area contributed by atoms with E-state index in [1.165, 1.54) is 54.6 Å². The van der Waals surface area contributed by atoms with E-state index in [1.807, 2.05) is 162 Å². The van der Waals surface area contributed by atoms with Crippen LogP contribution in [0, 0.1) is 80.6 Å². The number of carbonyl (C=O) groups is 10. The molecule has 7 aromatic carbocycles. The molecule has 0 saturated heterocycles. The van der Waals surface area contributed by atoms with Gasteiger partial charge >= 0.3 is 17.9 Å². The van der Waals surface area contributed by atoms with E-state index in [2.05, 4.69) is 25.4 Å². The molecule has 1 unspecified atom stereocenters. The molecule has 0 fully saturated rings. The van der Waals surface area contributed by atoms with E-state index in [9.17, 15) is 53.1 Å². The Morgan fingerprint density at radius 2 is 0.742 bits per heavy atom. The summed E-state index contributed by atoms with van der Waals surface area (Å²) in [5, 5.41) is 28.1. The summed E-state index contributed by atoms with van der Waals surface area (Å²) in [7, 11) is 11.9. The van der Waals surface area contributed by atoms with Crippen LogP contribution in [-0.4, -0.2) is 199 Å². The van der Waals surface area contributed by atoms with Crippen molar-refractivity contribution in [2.24, 2.45) is 0 Å². The molecule has 1 heterocycles. The largest absolute Gasteiger partial charge is 0.508 e. The molecule has 0 bridgehead atoms. The first-order valence-electron chi connectivity index (χ1n) is 39.5. The number of phenols is 2. The van der Waals surface area contributed by atoms with Gasteiger partial charge < -0.3 is 72.4 Å². The van der Waals surface area contributed by atoms with E-state index in [-0.39, 0.29) is 52.2 Å². The number of aromatic hydroxyl groups is 2. The Morgan fingerprint density at radius 3 is 1.11 bits per heavy atom. The normalized spacial score (nSPS) is 11.1. The zero-order valence-electron chi connectivity index (χ0n) is 75.1. The molecule has 1 aliphatic rings. The van der Waals surface area contributed by atoms with Crippen molar-refractivity contribution in [3.05, 3.63) is 194 Å². The number of hydrogen-bond donors (Lipinski definition) is 2. The minimum absolute atomic E-state index is 0.0370. The summed E-state index contributed by atoms with van der Waals surface area (Å²) in [6.07, 6.45) is 2.87. The lowest BCUT2D eigenvalue weighted by Gasteiger charge is -2.23. The van der Waals surface area contributed by atoms with Crippen molar-refractivity contribution in [2.75, 3.05) is 109 Å². The maximum absolute atomic E-state index is 12.6. The number of halogens is 1. The smallest absolute Gasteiger partial charge is 0.344 e. The molecule has 1 atom stereocenters.